The summed E-state index contributed by atoms with van der Waals surface area (Å²) in [5, 5.41) is 13.8. The fourth-order valence-corrected chi connectivity index (χ4v) is 2.84. The zero-order valence-electron chi connectivity index (χ0n) is 9.81. The summed E-state index contributed by atoms with van der Waals surface area (Å²) in [6, 6.07) is 1.73. The van der Waals surface area contributed by atoms with E-state index in [0.717, 1.165) is 31.0 Å². The molecule has 0 radical (unpaired) electrons. The molecule has 1 aromatic rings. The van der Waals surface area contributed by atoms with Crippen LogP contribution in [-0.4, -0.2) is 30.3 Å². The Labute approximate surface area is 105 Å². The Morgan fingerprint density at radius 3 is 3.12 bits per heavy atom. The summed E-state index contributed by atoms with van der Waals surface area (Å²) < 4.78 is 5.49. The summed E-state index contributed by atoms with van der Waals surface area (Å²) in [5.41, 5.74) is 0.379. The number of carbonyl (C=O) groups is 1. The van der Waals surface area contributed by atoms with Gasteiger partial charge in [-0.3, -0.25) is 0 Å². The van der Waals surface area contributed by atoms with Gasteiger partial charge < -0.3 is 15.2 Å². The van der Waals surface area contributed by atoms with Crippen LogP contribution in [0.15, 0.2) is 11.4 Å². The predicted octanol–water partition coefficient (Wildman–Crippen LogP) is 1.96. The van der Waals surface area contributed by atoms with E-state index < -0.39 is 5.97 Å². The normalized spacial score (nSPS) is 24.1. The first-order valence-corrected chi connectivity index (χ1v) is 6.68. The van der Waals surface area contributed by atoms with E-state index in [1.165, 1.54) is 11.3 Å². The van der Waals surface area contributed by atoms with E-state index in [4.69, 9.17) is 9.84 Å². The molecule has 2 heterocycles. The van der Waals surface area contributed by atoms with Crippen LogP contribution in [-0.2, 0) is 11.3 Å². The Bertz CT molecular complexity index is 391. The van der Waals surface area contributed by atoms with Crippen LogP contribution < -0.4 is 5.32 Å². The molecule has 4 nitrogen and oxygen atoms in total. The van der Waals surface area contributed by atoms with Gasteiger partial charge in [0.1, 0.15) is 0 Å². The third-order valence-electron chi connectivity index (χ3n) is 3.14. The van der Waals surface area contributed by atoms with Gasteiger partial charge in [0.2, 0.25) is 0 Å². The predicted molar refractivity (Wildman–Crippen MR) is 66.5 cm³/mol. The Balaban J connectivity index is 1.76. The molecule has 0 aliphatic carbocycles. The first kappa shape index (κ1) is 12.5. The van der Waals surface area contributed by atoms with Crippen LogP contribution >= 0.6 is 11.3 Å². The average Bonchev–Trinajstić information content (AvgIpc) is 2.89. The van der Waals surface area contributed by atoms with Crippen molar-refractivity contribution in [3.8, 4) is 0 Å². The minimum atomic E-state index is -0.856. The molecule has 2 atom stereocenters. The number of thiophene rings is 1. The molecule has 1 aromatic heterocycles. The maximum absolute atomic E-state index is 10.7. The molecular weight excluding hydrogens is 238 g/mol. The lowest BCUT2D eigenvalue weighted by atomic mass is 10.0. The van der Waals surface area contributed by atoms with Gasteiger partial charge in [0.15, 0.2) is 0 Å². The highest BCUT2D eigenvalue weighted by atomic mass is 32.1. The average molecular weight is 255 g/mol. The van der Waals surface area contributed by atoms with Gasteiger partial charge in [-0.15, -0.1) is 11.3 Å². The second-order valence-corrected chi connectivity index (χ2v) is 5.36. The molecule has 1 aliphatic rings. The molecule has 2 unspecified atom stereocenters. The fraction of sp³-hybridized carbons (Fsp3) is 0.583. The number of carboxylic acid groups (broad SMARTS) is 1. The second-order valence-electron chi connectivity index (χ2n) is 4.36. The van der Waals surface area contributed by atoms with E-state index in [1.807, 2.05) is 0 Å². The molecular formula is C12H17NO3S. The van der Waals surface area contributed by atoms with Crippen LogP contribution in [0.3, 0.4) is 0 Å². The maximum Gasteiger partial charge on any atom is 0.336 e. The summed E-state index contributed by atoms with van der Waals surface area (Å²) >= 11 is 1.49. The van der Waals surface area contributed by atoms with Crippen molar-refractivity contribution in [3.63, 3.8) is 0 Å². The largest absolute Gasteiger partial charge is 0.478 e. The zero-order chi connectivity index (χ0) is 12.3. The van der Waals surface area contributed by atoms with Crippen LogP contribution in [0.5, 0.6) is 0 Å². The molecule has 1 fully saturated rings. The lowest BCUT2D eigenvalue weighted by Gasteiger charge is -2.14. The summed E-state index contributed by atoms with van der Waals surface area (Å²) in [6.45, 7) is 4.63. The number of rotatable bonds is 5. The maximum atomic E-state index is 10.7. The fourth-order valence-electron chi connectivity index (χ4n) is 2.01. The van der Waals surface area contributed by atoms with Gasteiger partial charge in [0.05, 0.1) is 11.7 Å². The molecule has 0 aromatic carbocycles. The van der Waals surface area contributed by atoms with Gasteiger partial charge in [0.25, 0.3) is 0 Å². The van der Waals surface area contributed by atoms with Crippen molar-refractivity contribution < 1.29 is 14.6 Å². The summed E-state index contributed by atoms with van der Waals surface area (Å²) in [6.07, 6.45) is 1.44. The number of nitrogens with one attached hydrogen (secondary N) is 1. The third-order valence-corrected chi connectivity index (χ3v) is 4.08. The standard InChI is InChI=1S/C12H17NO3S/c1-8-9(2-3-16-8)5-13-6-11-4-10(7-17-11)12(14)15/h4,7-9,13H,2-3,5-6H2,1H3,(H,14,15). The van der Waals surface area contributed by atoms with E-state index in [2.05, 4.69) is 12.2 Å². The molecule has 0 saturated carbocycles. The molecule has 0 amide bonds. The van der Waals surface area contributed by atoms with Gasteiger partial charge in [-0.25, -0.2) is 4.79 Å². The first-order valence-electron chi connectivity index (χ1n) is 5.80. The summed E-state index contributed by atoms with van der Waals surface area (Å²) in [5.74, 6) is -0.278. The molecule has 94 valence electrons. The summed E-state index contributed by atoms with van der Waals surface area (Å²) in [7, 11) is 0. The van der Waals surface area contributed by atoms with Crippen LogP contribution in [0.1, 0.15) is 28.6 Å². The van der Waals surface area contributed by atoms with Crippen LogP contribution in [0.25, 0.3) is 0 Å². The molecule has 0 spiro atoms. The van der Waals surface area contributed by atoms with Crippen LogP contribution in [0.2, 0.25) is 0 Å². The minimum Gasteiger partial charge on any atom is -0.478 e. The molecule has 0 bridgehead atoms. The van der Waals surface area contributed by atoms with Crippen molar-refractivity contribution in [2.24, 2.45) is 5.92 Å². The number of aromatic carboxylic acids is 1. The zero-order valence-corrected chi connectivity index (χ0v) is 10.6. The molecule has 2 rings (SSSR count). The van der Waals surface area contributed by atoms with Crippen LogP contribution in [0, 0.1) is 5.92 Å². The quantitative estimate of drug-likeness (QED) is 0.844. The summed E-state index contributed by atoms with van der Waals surface area (Å²) in [4.78, 5) is 11.8. The number of carboxylic acids is 1. The lowest BCUT2D eigenvalue weighted by molar-refractivity contribution is 0.0697. The number of hydrogen-bond donors (Lipinski definition) is 2. The van der Waals surface area contributed by atoms with Gasteiger partial charge in [-0.2, -0.15) is 0 Å². The van der Waals surface area contributed by atoms with E-state index in [0.29, 0.717) is 17.6 Å². The molecule has 2 N–H and O–H groups in total. The van der Waals surface area contributed by atoms with E-state index in [9.17, 15) is 4.79 Å². The number of ether oxygens (including phenoxy) is 1. The Kier molecular flexibility index (Phi) is 4.15. The van der Waals surface area contributed by atoms with Crippen molar-refractivity contribution in [3.05, 3.63) is 21.9 Å². The monoisotopic (exact) mass is 255 g/mol. The van der Waals surface area contributed by atoms with Gasteiger partial charge in [0, 0.05) is 30.0 Å². The molecule has 1 saturated heterocycles. The highest BCUT2D eigenvalue weighted by Gasteiger charge is 2.23. The Morgan fingerprint density at radius 2 is 2.53 bits per heavy atom. The van der Waals surface area contributed by atoms with Gasteiger partial charge in [-0.1, -0.05) is 0 Å². The van der Waals surface area contributed by atoms with E-state index in [1.54, 1.807) is 11.4 Å². The van der Waals surface area contributed by atoms with E-state index in [-0.39, 0.29) is 0 Å². The SMILES string of the molecule is CC1OCCC1CNCc1cc(C(=O)O)cs1. The highest BCUT2D eigenvalue weighted by molar-refractivity contribution is 7.10. The molecule has 5 heteroatoms. The Hall–Kier alpha value is -0.910. The molecule has 1 aliphatic heterocycles. The van der Waals surface area contributed by atoms with Crippen molar-refractivity contribution in [1.29, 1.82) is 0 Å². The van der Waals surface area contributed by atoms with Crippen LogP contribution in [0.4, 0.5) is 0 Å². The third kappa shape index (κ3) is 3.28. The molecule has 17 heavy (non-hydrogen) atoms. The first-order chi connectivity index (χ1) is 8.16. The topological polar surface area (TPSA) is 58.6 Å². The van der Waals surface area contributed by atoms with Crippen molar-refractivity contribution in [2.75, 3.05) is 13.2 Å². The van der Waals surface area contributed by atoms with Crippen molar-refractivity contribution in [2.45, 2.75) is 26.0 Å². The smallest absolute Gasteiger partial charge is 0.336 e. The second kappa shape index (κ2) is 5.62. The van der Waals surface area contributed by atoms with Crippen molar-refractivity contribution >= 4 is 17.3 Å². The van der Waals surface area contributed by atoms with Crippen molar-refractivity contribution in [1.82, 2.24) is 5.32 Å². The lowest BCUT2D eigenvalue weighted by Crippen LogP contribution is -2.26. The number of hydrogen-bond acceptors (Lipinski definition) is 4. The van der Waals surface area contributed by atoms with Gasteiger partial charge >= 0.3 is 5.97 Å². The minimum absolute atomic E-state index is 0.334. The Morgan fingerprint density at radius 1 is 1.71 bits per heavy atom. The van der Waals surface area contributed by atoms with E-state index >= 15 is 0 Å². The van der Waals surface area contributed by atoms with Gasteiger partial charge in [-0.05, 0) is 25.3 Å². The highest BCUT2D eigenvalue weighted by Crippen LogP contribution is 2.20.